The standard InChI is InChI=1S/C24H26FN3O3/c1-27(17-18-6-8-19(9-7-18)28-12-14-30-15-13-28)24(29)11-10-23-26-16-22(31-23)20-4-2-3-5-21(20)25/h2-9,16H,10-15,17H2,1H3. The molecule has 0 aliphatic carbocycles. The smallest absolute Gasteiger partial charge is 0.223 e. The summed E-state index contributed by atoms with van der Waals surface area (Å²) in [5, 5.41) is 0. The van der Waals surface area contributed by atoms with Crippen LogP contribution in [0.3, 0.4) is 0 Å². The summed E-state index contributed by atoms with van der Waals surface area (Å²) >= 11 is 0. The number of rotatable bonds is 7. The second-order valence-electron chi connectivity index (χ2n) is 7.61. The number of nitrogens with zero attached hydrogens (tertiary/aromatic N) is 3. The Labute approximate surface area is 181 Å². The van der Waals surface area contributed by atoms with E-state index in [0.717, 1.165) is 31.9 Å². The van der Waals surface area contributed by atoms with Crippen molar-refractivity contribution < 1.29 is 18.3 Å². The van der Waals surface area contributed by atoms with Crippen LogP contribution in [0, 0.1) is 5.82 Å². The Kier molecular flexibility index (Phi) is 6.62. The molecule has 6 nitrogen and oxygen atoms in total. The van der Waals surface area contributed by atoms with Crippen LogP contribution in [0.25, 0.3) is 11.3 Å². The third-order valence-corrected chi connectivity index (χ3v) is 5.40. The van der Waals surface area contributed by atoms with Crippen LogP contribution in [-0.4, -0.2) is 49.1 Å². The van der Waals surface area contributed by atoms with Crippen molar-refractivity contribution in [2.75, 3.05) is 38.3 Å². The lowest BCUT2D eigenvalue weighted by Gasteiger charge is -2.29. The normalized spacial score (nSPS) is 13.9. The quantitative estimate of drug-likeness (QED) is 0.577. The van der Waals surface area contributed by atoms with Gasteiger partial charge in [0.05, 0.1) is 25.0 Å². The van der Waals surface area contributed by atoms with E-state index in [-0.39, 0.29) is 18.1 Å². The van der Waals surface area contributed by atoms with Crippen LogP contribution in [0.5, 0.6) is 0 Å². The molecule has 1 saturated heterocycles. The lowest BCUT2D eigenvalue weighted by atomic mass is 10.1. The highest BCUT2D eigenvalue weighted by atomic mass is 19.1. The molecule has 0 radical (unpaired) electrons. The fourth-order valence-corrected chi connectivity index (χ4v) is 3.61. The Morgan fingerprint density at radius 2 is 1.87 bits per heavy atom. The van der Waals surface area contributed by atoms with E-state index in [2.05, 4.69) is 34.1 Å². The molecule has 1 aromatic heterocycles. The van der Waals surface area contributed by atoms with Crippen LogP contribution in [0.15, 0.2) is 59.1 Å². The van der Waals surface area contributed by atoms with Gasteiger partial charge in [0.2, 0.25) is 5.91 Å². The summed E-state index contributed by atoms with van der Waals surface area (Å²) in [5.41, 5.74) is 2.62. The Morgan fingerprint density at radius 1 is 1.13 bits per heavy atom. The number of anilines is 1. The van der Waals surface area contributed by atoms with Gasteiger partial charge >= 0.3 is 0 Å². The summed E-state index contributed by atoms with van der Waals surface area (Å²) in [7, 11) is 1.79. The van der Waals surface area contributed by atoms with Crippen LogP contribution >= 0.6 is 0 Å². The van der Waals surface area contributed by atoms with Gasteiger partial charge in [-0.3, -0.25) is 4.79 Å². The largest absolute Gasteiger partial charge is 0.441 e. The number of hydrogen-bond donors (Lipinski definition) is 0. The molecular weight excluding hydrogens is 397 g/mol. The van der Waals surface area contributed by atoms with Crippen LogP contribution in [0.2, 0.25) is 0 Å². The van der Waals surface area contributed by atoms with E-state index in [1.807, 2.05) is 0 Å². The third kappa shape index (κ3) is 5.30. The zero-order valence-corrected chi connectivity index (χ0v) is 17.6. The maximum absolute atomic E-state index is 13.9. The van der Waals surface area contributed by atoms with Gasteiger partial charge in [-0.15, -0.1) is 0 Å². The number of ether oxygens (including phenoxy) is 1. The molecule has 0 saturated carbocycles. The average molecular weight is 423 g/mol. The first-order valence-corrected chi connectivity index (χ1v) is 10.5. The van der Waals surface area contributed by atoms with Crippen molar-refractivity contribution in [2.24, 2.45) is 0 Å². The Balaban J connectivity index is 1.28. The first-order valence-electron chi connectivity index (χ1n) is 10.5. The van der Waals surface area contributed by atoms with Gasteiger partial charge in [-0.05, 0) is 29.8 Å². The number of hydrogen-bond acceptors (Lipinski definition) is 5. The monoisotopic (exact) mass is 423 g/mol. The fraction of sp³-hybridized carbons (Fsp3) is 0.333. The van der Waals surface area contributed by atoms with Gasteiger partial charge in [0.1, 0.15) is 5.82 Å². The topological polar surface area (TPSA) is 58.8 Å². The Bertz CT molecular complexity index is 1010. The summed E-state index contributed by atoms with van der Waals surface area (Å²) in [5.74, 6) is 0.438. The number of aromatic nitrogens is 1. The van der Waals surface area contributed by atoms with E-state index in [1.165, 1.54) is 18.0 Å². The van der Waals surface area contributed by atoms with Crippen molar-refractivity contribution in [2.45, 2.75) is 19.4 Å². The molecule has 0 N–H and O–H groups in total. The molecule has 0 atom stereocenters. The van der Waals surface area contributed by atoms with Crippen molar-refractivity contribution in [3.8, 4) is 11.3 Å². The van der Waals surface area contributed by atoms with Gasteiger partial charge in [-0.2, -0.15) is 0 Å². The highest BCUT2D eigenvalue weighted by Crippen LogP contribution is 2.24. The molecule has 31 heavy (non-hydrogen) atoms. The molecule has 7 heteroatoms. The van der Waals surface area contributed by atoms with E-state index in [9.17, 15) is 9.18 Å². The minimum Gasteiger partial charge on any atom is -0.441 e. The number of oxazole rings is 1. The molecule has 1 amide bonds. The lowest BCUT2D eigenvalue weighted by Crippen LogP contribution is -2.36. The van der Waals surface area contributed by atoms with Gasteiger partial charge in [0, 0.05) is 45.2 Å². The number of halogens is 1. The minimum atomic E-state index is -0.361. The summed E-state index contributed by atoms with van der Waals surface area (Å²) in [6.07, 6.45) is 2.14. The summed E-state index contributed by atoms with van der Waals surface area (Å²) in [4.78, 5) is 20.7. The third-order valence-electron chi connectivity index (χ3n) is 5.40. The van der Waals surface area contributed by atoms with Crippen molar-refractivity contribution in [1.82, 2.24) is 9.88 Å². The molecule has 162 valence electrons. The molecule has 4 rings (SSSR count). The average Bonchev–Trinajstić information content (AvgIpc) is 3.27. The Hall–Kier alpha value is -3.19. The molecule has 1 fully saturated rings. The van der Waals surface area contributed by atoms with Gasteiger partial charge in [0.25, 0.3) is 0 Å². The van der Waals surface area contributed by atoms with E-state index >= 15 is 0 Å². The number of amides is 1. The molecule has 1 aliphatic heterocycles. The number of carbonyl (C=O) groups excluding carboxylic acids is 1. The van der Waals surface area contributed by atoms with Crippen LogP contribution in [0.4, 0.5) is 10.1 Å². The predicted molar refractivity (Wildman–Crippen MR) is 116 cm³/mol. The summed E-state index contributed by atoms with van der Waals surface area (Å²) in [6.45, 7) is 3.85. The zero-order chi connectivity index (χ0) is 21.6. The van der Waals surface area contributed by atoms with E-state index < -0.39 is 0 Å². The number of aryl methyl sites for hydroxylation is 1. The minimum absolute atomic E-state index is 0.00268. The lowest BCUT2D eigenvalue weighted by molar-refractivity contribution is -0.130. The predicted octanol–water partition coefficient (Wildman–Crippen LogP) is 3.91. The van der Waals surface area contributed by atoms with Gasteiger partial charge in [-0.25, -0.2) is 9.37 Å². The van der Waals surface area contributed by atoms with E-state index in [0.29, 0.717) is 30.2 Å². The van der Waals surface area contributed by atoms with Gasteiger partial charge in [0.15, 0.2) is 11.7 Å². The zero-order valence-electron chi connectivity index (χ0n) is 17.6. The maximum atomic E-state index is 13.9. The first-order chi connectivity index (χ1) is 15.1. The van der Waals surface area contributed by atoms with Gasteiger partial charge < -0.3 is 19.0 Å². The van der Waals surface area contributed by atoms with Crippen molar-refractivity contribution >= 4 is 11.6 Å². The molecule has 3 aromatic rings. The van der Waals surface area contributed by atoms with Crippen molar-refractivity contribution in [3.63, 3.8) is 0 Å². The molecule has 2 aromatic carbocycles. The number of morpholine rings is 1. The molecule has 0 spiro atoms. The van der Waals surface area contributed by atoms with Crippen LogP contribution in [0.1, 0.15) is 17.9 Å². The first kappa shape index (κ1) is 21.1. The molecule has 0 bridgehead atoms. The molecule has 2 heterocycles. The highest BCUT2D eigenvalue weighted by Gasteiger charge is 2.15. The molecule has 0 unspecified atom stereocenters. The van der Waals surface area contributed by atoms with Crippen molar-refractivity contribution in [1.29, 1.82) is 0 Å². The second-order valence-corrected chi connectivity index (χ2v) is 7.61. The SMILES string of the molecule is CN(Cc1ccc(N2CCOCC2)cc1)C(=O)CCc1ncc(-c2ccccc2F)o1. The number of carbonyl (C=O) groups is 1. The Morgan fingerprint density at radius 3 is 2.61 bits per heavy atom. The van der Waals surface area contributed by atoms with E-state index in [1.54, 1.807) is 30.1 Å². The molecule has 1 aliphatic rings. The molecular formula is C24H26FN3O3. The van der Waals surface area contributed by atoms with Crippen LogP contribution in [-0.2, 0) is 22.5 Å². The van der Waals surface area contributed by atoms with Gasteiger partial charge in [-0.1, -0.05) is 24.3 Å². The second kappa shape index (κ2) is 9.75. The van der Waals surface area contributed by atoms with E-state index in [4.69, 9.17) is 9.15 Å². The maximum Gasteiger partial charge on any atom is 0.223 e. The summed E-state index contributed by atoms with van der Waals surface area (Å²) in [6, 6.07) is 14.7. The number of benzene rings is 2. The fourth-order valence-electron chi connectivity index (χ4n) is 3.61. The van der Waals surface area contributed by atoms with Crippen LogP contribution < -0.4 is 4.90 Å². The summed E-state index contributed by atoms with van der Waals surface area (Å²) < 4.78 is 24.9. The van der Waals surface area contributed by atoms with Crippen molar-refractivity contribution in [3.05, 3.63) is 72.0 Å². The highest BCUT2D eigenvalue weighted by molar-refractivity contribution is 5.76.